The number of carbonyl (C=O) groups excluding carboxylic acids is 2. The van der Waals surface area contributed by atoms with E-state index in [1.807, 2.05) is 32.9 Å². The zero-order valence-corrected chi connectivity index (χ0v) is 13.3. The van der Waals surface area contributed by atoms with Crippen molar-refractivity contribution in [2.24, 2.45) is 5.92 Å². The summed E-state index contributed by atoms with van der Waals surface area (Å²) in [5.74, 6) is -1.49. The predicted molar refractivity (Wildman–Crippen MR) is 83.1 cm³/mol. The van der Waals surface area contributed by atoms with Crippen molar-refractivity contribution in [3.05, 3.63) is 28.8 Å². The first-order valence-electron chi connectivity index (χ1n) is 7.06. The van der Waals surface area contributed by atoms with Crippen LogP contribution in [0, 0.1) is 26.7 Å². The zero-order chi connectivity index (χ0) is 16.2. The molecule has 2 unspecified atom stereocenters. The molecule has 5 nitrogen and oxygen atoms in total. The molecule has 3 N–H and O–H groups in total. The van der Waals surface area contributed by atoms with Gasteiger partial charge in [-0.15, -0.1) is 0 Å². The number of aryl methyl sites for hydroxylation is 3. The summed E-state index contributed by atoms with van der Waals surface area (Å²) < 4.78 is 0. The van der Waals surface area contributed by atoms with E-state index in [-0.39, 0.29) is 18.6 Å². The molecule has 0 aliphatic heterocycles. The Bertz CT molecular complexity index is 517. The lowest BCUT2D eigenvalue weighted by molar-refractivity contribution is -0.136. The van der Waals surface area contributed by atoms with Crippen LogP contribution in [0.2, 0.25) is 0 Å². The van der Waals surface area contributed by atoms with Crippen molar-refractivity contribution in [3.8, 4) is 0 Å². The number of rotatable bonds is 4. The summed E-state index contributed by atoms with van der Waals surface area (Å²) in [6.45, 7) is 9.29. The van der Waals surface area contributed by atoms with Crippen molar-refractivity contribution in [2.45, 2.75) is 40.7 Å². The highest BCUT2D eigenvalue weighted by atomic mass is 16.3. The second kappa shape index (κ2) is 7.22. The molecular weight excluding hydrogens is 268 g/mol. The van der Waals surface area contributed by atoms with Crippen molar-refractivity contribution in [1.82, 2.24) is 5.32 Å². The van der Waals surface area contributed by atoms with Crippen LogP contribution in [0.1, 0.15) is 30.5 Å². The van der Waals surface area contributed by atoms with Gasteiger partial charge in [-0.25, -0.2) is 0 Å². The molecule has 2 atom stereocenters. The van der Waals surface area contributed by atoms with E-state index in [9.17, 15) is 9.59 Å². The highest BCUT2D eigenvalue weighted by molar-refractivity contribution is 6.39. The van der Waals surface area contributed by atoms with Gasteiger partial charge in [-0.1, -0.05) is 24.6 Å². The molecule has 0 radical (unpaired) electrons. The van der Waals surface area contributed by atoms with Gasteiger partial charge in [0.05, 0.1) is 0 Å². The summed E-state index contributed by atoms with van der Waals surface area (Å²) in [6.07, 6.45) is 0. The molecule has 1 aromatic rings. The van der Waals surface area contributed by atoms with Gasteiger partial charge in [-0.05, 0) is 44.7 Å². The van der Waals surface area contributed by atoms with E-state index in [4.69, 9.17) is 5.11 Å². The van der Waals surface area contributed by atoms with E-state index in [0.717, 1.165) is 16.7 Å². The smallest absolute Gasteiger partial charge is 0.313 e. The normalized spacial score (nSPS) is 13.4. The summed E-state index contributed by atoms with van der Waals surface area (Å²) in [7, 11) is 0. The minimum atomic E-state index is -0.693. The molecule has 5 heteroatoms. The highest BCUT2D eigenvalue weighted by Gasteiger charge is 2.20. The predicted octanol–water partition coefficient (Wildman–Crippen LogP) is 1.68. The quantitative estimate of drug-likeness (QED) is 0.739. The first-order chi connectivity index (χ1) is 9.76. The first kappa shape index (κ1) is 17.2. The van der Waals surface area contributed by atoms with Crippen LogP contribution < -0.4 is 10.6 Å². The number of amides is 2. The van der Waals surface area contributed by atoms with E-state index in [1.54, 1.807) is 13.8 Å². The SMILES string of the molecule is Cc1cc(C)c(NC(=O)C(=O)NC(C)C(C)CO)c(C)c1. The van der Waals surface area contributed by atoms with Gasteiger partial charge in [0, 0.05) is 18.3 Å². The van der Waals surface area contributed by atoms with E-state index < -0.39 is 11.8 Å². The molecule has 21 heavy (non-hydrogen) atoms. The molecular formula is C16H24N2O3. The van der Waals surface area contributed by atoms with Crippen molar-refractivity contribution in [1.29, 1.82) is 0 Å². The molecule has 0 aromatic heterocycles. The van der Waals surface area contributed by atoms with Crippen LogP contribution in [0.3, 0.4) is 0 Å². The Morgan fingerprint density at radius 3 is 2.10 bits per heavy atom. The summed E-state index contributed by atoms with van der Waals surface area (Å²) >= 11 is 0. The maximum absolute atomic E-state index is 12.0. The molecule has 0 saturated carbocycles. The third-order valence-electron chi connectivity index (χ3n) is 3.62. The molecule has 0 saturated heterocycles. The molecule has 0 fully saturated rings. The second-order valence-corrected chi connectivity index (χ2v) is 5.65. The number of aliphatic hydroxyl groups excluding tert-OH is 1. The van der Waals surface area contributed by atoms with Gasteiger partial charge in [0.15, 0.2) is 0 Å². The maximum Gasteiger partial charge on any atom is 0.313 e. The summed E-state index contributed by atoms with van der Waals surface area (Å²) in [5, 5.41) is 14.3. The van der Waals surface area contributed by atoms with Crippen LogP contribution in [-0.4, -0.2) is 29.6 Å². The Morgan fingerprint density at radius 1 is 1.10 bits per heavy atom. The molecule has 0 spiro atoms. The van der Waals surface area contributed by atoms with E-state index in [2.05, 4.69) is 10.6 Å². The monoisotopic (exact) mass is 292 g/mol. The lowest BCUT2D eigenvalue weighted by Crippen LogP contribution is -2.44. The molecule has 1 aromatic carbocycles. The zero-order valence-electron chi connectivity index (χ0n) is 13.3. The van der Waals surface area contributed by atoms with E-state index in [0.29, 0.717) is 5.69 Å². The van der Waals surface area contributed by atoms with E-state index >= 15 is 0 Å². The van der Waals surface area contributed by atoms with Gasteiger partial charge < -0.3 is 15.7 Å². The fraction of sp³-hybridized carbons (Fsp3) is 0.500. The molecule has 2 amide bonds. The number of hydrogen-bond donors (Lipinski definition) is 3. The molecule has 116 valence electrons. The molecule has 0 aliphatic rings. The number of benzene rings is 1. The van der Waals surface area contributed by atoms with Gasteiger partial charge in [-0.2, -0.15) is 0 Å². The largest absolute Gasteiger partial charge is 0.396 e. The number of anilines is 1. The van der Waals surface area contributed by atoms with Crippen LogP contribution >= 0.6 is 0 Å². The standard InChI is InChI=1S/C16H24N2O3/c1-9-6-10(2)14(11(3)7-9)18-16(21)15(20)17-13(5)12(4)8-19/h6-7,12-13,19H,8H2,1-5H3,(H,17,20)(H,18,21). The van der Waals surface area contributed by atoms with Gasteiger partial charge in [0.2, 0.25) is 0 Å². The van der Waals surface area contributed by atoms with Crippen molar-refractivity contribution in [3.63, 3.8) is 0 Å². The number of carbonyl (C=O) groups is 2. The minimum Gasteiger partial charge on any atom is -0.396 e. The van der Waals surface area contributed by atoms with Crippen LogP contribution in [0.4, 0.5) is 5.69 Å². The van der Waals surface area contributed by atoms with Gasteiger partial charge >= 0.3 is 11.8 Å². The minimum absolute atomic E-state index is 0.0424. The van der Waals surface area contributed by atoms with Gasteiger partial charge in [0.25, 0.3) is 0 Å². The lowest BCUT2D eigenvalue weighted by Gasteiger charge is -2.19. The average Bonchev–Trinajstić information content (AvgIpc) is 2.41. The fourth-order valence-corrected chi connectivity index (χ4v) is 2.12. The molecule has 0 bridgehead atoms. The van der Waals surface area contributed by atoms with Gasteiger partial charge in [-0.3, -0.25) is 9.59 Å². The Balaban J connectivity index is 2.76. The lowest BCUT2D eigenvalue weighted by atomic mass is 10.0. The number of aliphatic hydroxyl groups is 1. The van der Waals surface area contributed by atoms with Crippen LogP contribution in [-0.2, 0) is 9.59 Å². The second-order valence-electron chi connectivity index (χ2n) is 5.65. The Morgan fingerprint density at radius 2 is 1.62 bits per heavy atom. The van der Waals surface area contributed by atoms with Gasteiger partial charge in [0.1, 0.15) is 0 Å². The molecule has 0 heterocycles. The molecule has 1 rings (SSSR count). The van der Waals surface area contributed by atoms with Crippen molar-refractivity contribution >= 4 is 17.5 Å². The van der Waals surface area contributed by atoms with Crippen molar-refractivity contribution < 1.29 is 14.7 Å². The maximum atomic E-state index is 12.0. The van der Waals surface area contributed by atoms with Crippen LogP contribution in [0.25, 0.3) is 0 Å². The van der Waals surface area contributed by atoms with E-state index in [1.165, 1.54) is 0 Å². The Hall–Kier alpha value is -1.88. The fourth-order valence-electron chi connectivity index (χ4n) is 2.12. The van der Waals surface area contributed by atoms with Crippen molar-refractivity contribution in [2.75, 3.05) is 11.9 Å². The average molecular weight is 292 g/mol. The summed E-state index contributed by atoms with van der Waals surface area (Å²) in [5.41, 5.74) is 3.62. The highest BCUT2D eigenvalue weighted by Crippen LogP contribution is 2.21. The Kier molecular flexibility index (Phi) is 5.90. The number of hydrogen-bond acceptors (Lipinski definition) is 3. The Labute approximate surface area is 125 Å². The summed E-state index contributed by atoms with van der Waals surface area (Å²) in [6, 6.07) is 3.64. The first-order valence-corrected chi connectivity index (χ1v) is 7.06. The van der Waals surface area contributed by atoms with Crippen LogP contribution in [0.15, 0.2) is 12.1 Å². The molecule has 0 aliphatic carbocycles. The summed E-state index contributed by atoms with van der Waals surface area (Å²) in [4.78, 5) is 23.8. The number of nitrogens with one attached hydrogen (secondary N) is 2. The van der Waals surface area contributed by atoms with Crippen LogP contribution in [0.5, 0.6) is 0 Å². The third kappa shape index (κ3) is 4.56. The third-order valence-corrected chi connectivity index (χ3v) is 3.62. The topological polar surface area (TPSA) is 78.4 Å².